The normalized spacial score (nSPS) is 8.77. The molecule has 0 atom stereocenters. The largest absolute Gasteiger partial charge is 0.320 e. The number of hydrogen-bond donors (Lipinski definition) is 1. The molecule has 1 aromatic rings. The van der Waals surface area contributed by atoms with Crippen molar-refractivity contribution in [1.82, 2.24) is 0 Å². The Balaban J connectivity index is 3.15. The molecule has 0 amide bonds. The molecule has 0 aromatic heterocycles. The maximum absolute atomic E-state index is 10.6. The first-order valence-corrected chi connectivity index (χ1v) is 4.09. The van der Waals surface area contributed by atoms with Crippen molar-refractivity contribution in [3.05, 3.63) is 34.3 Å². The van der Waals surface area contributed by atoms with Crippen LogP contribution in [-0.4, -0.2) is 12.8 Å². The lowest BCUT2D eigenvalue weighted by atomic mass is 10.1. The fourth-order valence-electron chi connectivity index (χ4n) is 0.886. The minimum absolute atomic E-state index is 0.269. The van der Waals surface area contributed by atoms with Crippen molar-refractivity contribution in [1.29, 1.82) is 0 Å². The quantitative estimate of drug-likeness (QED) is 0.542. The first-order chi connectivity index (χ1) is 6.27. The molecule has 0 saturated heterocycles. The van der Waals surface area contributed by atoms with E-state index in [0.29, 0.717) is 16.1 Å². The molecule has 0 aliphatic rings. The van der Waals surface area contributed by atoms with Gasteiger partial charge in [0.15, 0.2) is 6.29 Å². The summed E-state index contributed by atoms with van der Waals surface area (Å²) in [6, 6.07) is 4.93. The number of carbonyl (C=O) groups excluding carboxylic acids is 1. The molecule has 3 heteroatoms. The summed E-state index contributed by atoms with van der Waals surface area (Å²) in [6.07, 6.45) is 0.747. The van der Waals surface area contributed by atoms with Crippen LogP contribution in [0.4, 0.5) is 0 Å². The molecular weight excluding hydrogens is 186 g/mol. The minimum atomic E-state index is 0.269. The van der Waals surface area contributed by atoms with Gasteiger partial charge >= 0.3 is 0 Å². The highest BCUT2D eigenvalue weighted by Crippen LogP contribution is 2.13. The van der Waals surface area contributed by atoms with Gasteiger partial charge in [0.05, 0.1) is 6.54 Å². The van der Waals surface area contributed by atoms with Gasteiger partial charge in [-0.1, -0.05) is 23.4 Å². The zero-order valence-corrected chi connectivity index (χ0v) is 7.64. The topological polar surface area (TPSA) is 43.1 Å². The molecule has 1 aromatic carbocycles. The van der Waals surface area contributed by atoms with Crippen LogP contribution in [0.25, 0.3) is 0 Å². The summed E-state index contributed by atoms with van der Waals surface area (Å²) in [4.78, 5) is 10.6. The number of benzene rings is 1. The molecule has 0 fully saturated rings. The lowest BCUT2D eigenvalue weighted by molar-refractivity contribution is 0.112. The minimum Gasteiger partial charge on any atom is -0.320 e. The van der Waals surface area contributed by atoms with Gasteiger partial charge in [0.25, 0.3) is 0 Å². The number of rotatable bonds is 1. The highest BCUT2D eigenvalue weighted by Gasteiger charge is 1.98. The zero-order chi connectivity index (χ0) is 9.68. The highest BCUT2D eigenvalue weighted by molar-refractivity contribution is 6.30. The lowest BCUT2D eigenvalue weighted by Crippen LogP contribution is -1.94. The summed E-state index contributed by atoms with van der Waals surface area (Å²) in [5, 5.41) is 0.562. The molecule has 0 bridgehead atoms. The van der Waals surface area contributed by atoms with E-state index in [1.54, 1.807) is 18.2 Å². The molecule has 66 valence electrons. The van der Waals surface area contributed by atoms with E-state index in [1.165, 1.54) is 0 Å². The summed E-state index contributed by atoms with van der Waals surface area (Å²) in [6.45, 7) is 0.269. The average Bonchev–Trinajstić information content (AvgIpc) is 2.15. The molecule has 13 heavy (non-hydrogen) atoms. The van der Waals surface area contributed by atoms with E-state index in [9.17, 15) is 4.79 Å². The molecular formula is C10H8ClNO. The van der Waals surface area contributed by atoms with Crippen molar-refractivity contribution in [2.75, 3.05) is 6.54 Å². The Morgan fingerprint density at radius 1 is 1.54 bits per heavy atom. The second kappa shape index (κ2) is 4.66. The van der Waals surface area contributed by atoms with Gasteiger partial charge in [0.2, 0.25) is 0 Å². The van der Waals surface area contributed by atoms with E-state index in [0.717, 1.165) is 6.29 Å². The van der Waals surface area contributed by atoms with Crippen molar-refractivity contribution < 1.29 is 4.79 Å². The van der Waals surface area contributed by atoms with Gasteiger partial charge in [-0.05, 0) is 18.2 Å². The van der Waals surface area contributed by atoms with Crippen molar-refractivity contribution in [3.8, 4) is 11.8 Å². The van der Waals surface area contributed by atoms with Gasteiger partial charge in [-0.15, -0.1) is 0 Å². The molecule has 0 heterocycles. The zero-order valence-electron chi connectivity index (χ0n) is 6.88. The number of hydrogen-bond acceptors (Lipinski definition) is 2. The SMILES string of the molecule is NCC#Cc1cc(Cl)ccc1C=O. The van der Waals surface area contributed by atoms with E-state index < -0.39 is 0 Å². The molecule has 1 rings (SSSR count). The van der Waals surface area contributed by atoms with Gasteiger partial charge in [-0.2, -0.15) is 0 Å². The van der Waals surface area contributed by atoms with Crippen LogP contribution >= 0.6 is 11.6 Å². The third-order valence-electron chi connectivity index (χ3n) is 1.47. The maximum atomic E-state index is 10.6. The third kappa shape index (κ3) is 2.59. The number of nitrogens with two attached hydrogens (primary N) is 1. The van der Waals surface area contributed by atoms with Gasteiger partial charge < -0.3 is 5.73 Å². The molecule has 0 aliphatic carbocycles. The highest BCUT2D eigenvalue weighted by atomic mass is 35.5. The summed E-state index contributed by atoms with van der Waals surface area (Å²) in [5.74, 6) is 5.44. The van der Waals surface area contributed by atoms with Gasteiger partial charge in [-0.3, -0.25) is 4.79 Å². The van der Waals surface area contributed by atoms with Crippen LogP contribution in [0, 0.1) is 11.8 Å². The van der Waals surface area contributed by atoms with Gasteiger partial charge in [0.1, 0.15) is 0 Å². The second-order valence-corrected chi connectivity index (χ2v) is 2.79. The van der Waals surface area contributed by atoms with Crippen LogP contribution in [0.3, 0.4) is 0 Å². The Bertz CT molecular complexity index is 376. The first kappa shape index (κ1) is 9.79. The second-order valence-electron chi connectivity index (χ2n) is 2.36. The van der Waals surface area contributed by atoms with E-state index in [1.807, 2.05) is 0 Å². The monoisotopic (exact) mass is 193 g/mol. The van der Waals surface area contributed by atoms with Crippen LogP contribution in [0.1, 0.15) is 15.9 Å². The van der Waals surface area contributed by atoms with Crippen LogP contribution in [0.2, 0.25) is 5.02 Å². The predicted octanol–water partition coefficient (Wildman–Crippen LogP) is 1.46. The summed E-state index contributed by atoms with van der Waals surface area (Å²) in [5.41, 5.74) is 6.36. The fourth-order valence-corrected chi connectivity index (χ4v) is 1.06. The van der Waals surface area contributed by atoms with Crippen molar-refractivity contribution >= 4 is 17.9 Å². The Hall–Kier alpha value is -1.30. The molecule has 2 nitrogen and oxygen atoms in total. The summed E-state index contributed by atoms with van der Waals surface area (Å²) >= 11 is 5.74. The van der Waals surface area contributed by atoms with E-state index in [-0.39, 0.29) is 6.54 Å². The Morgan fingerprint density at radius 2 is 2.31 bits per heavy atom. The molecule has 0 saturated carbocycles. The summed E-state index contributed by atoms with van der Waals surface area (Å²) < 4.78 is 0. The number of aldehydes is 1. The molecule has 2 N–H and O–H groups in total. The van der Waals surface area contributed by atoms with Crippen LogP contribution < -0.4 is 5.73 Å². The van der Waals surface area contributed by atoms with Crippen LogP contribution in [0.15, 0.2) is 18.2 Å². The lowest BCUT2D eigenvalue weighted by Gasteiger charge is -1.96. The first-order valence-electron chi connectivity index (χ1n) is 3.71. The fraction of sp³-hybridized carbons (Fsp3) is 0.100. The van der Waals surface area contributed by atoms with E-state index in [2.05, 4.69) is 11.8 Å². The van der Waals surface area contributed by atoms with Crippen molar-refractivity contribution in [2.45, 2.75) is 0 Å². The smallest absolute Gasteiger partial charge is 0.151 e. The third-order valence-corrected chi connectivity index (χ3v) is 1.70. The average molecular weight is 194 g/mol. The molecule has 0 unspecified atom stereocenters. The maximum Gasteiger partial charge on any atom is 0.151 e. The molecule has 0 aliphatic heterocycles. The van der Waals surface area contributed by atoms with Gasteiger partial charge in [0, 0.05) is 16.1 Å². The van der Waals surface area contributed by atoms with Crippen molar-refractivity contribution in [3.63, 3.8) is 0 Å². The van der Waals surface area contributed by atoms with Crippen LogP contribution in [0.5, 0.6) is 0 Å². The summed E-state index contributed by atoms with van der Waals surface area (Å²) in [7, 11) is 0. The van der Waals surface area contributed by atoms with E-state index in [4.69, 9.17) is 17.3 Å². The molecule has 0 radical (unpaired) electrons. The Labute approximate surface area is 81.7 Å². The Morgan fingerprint density at radius 3 is 2.92 bits per heavy atom. The van der Waals surface area contributed by atoms with Crippen molar-refractivity contribution in [2.24, 2.45) is 5.73 Å². The molecule has 0 spiro atoms. The Kier molecular flexibility index (Phi) is 3.51. The standard InChI is InChI=1S/C10H8ClNO/c11-10-4-3-9(7-13)8(6-10)2-1-5-12/h3-4,6-7H,5,12H2. The van der Waals surface area contributed by atoms with Gasteiger partial charge in [-0.25, -0.2) is 0 Å². The van der Waals surface area contributed by atoms with E-state index >= 15 is 0 Å². The number of halogens is 1. The van der Waals surface area contributed by atoms with Crippen LogP contribution in [-0.2, 0) is 0 Å². The predicted molar refractivity (Wildman–Crippen MR) is 52.8 cm³/mol. The number of carbonyl (C=O) groups is 1.